The maximum absolute atomic E-state index is 11.8. The zero-order chi connectivity index (χ0) is 12.2. The van der Waals surface area contributed by atoms with Gasteiger partial charge in [-0.05, 0) is 12.5 Å². The summed E-state index contributed by atoms with van der Waals surface area (Å²) in [6, 6.07) is 7.07. The molecule has 0 aliphatic heterocycles. The average Bonchev–Trinajstić information content (AvgIpc) is 2.18. The van der Waals surface area contributed by atoms with Crippen LogP contribution in [0.25, 0.3) is 0 Å². The standard InChI is InChI=1S/C11H12F3NO/c1-8-2-4-9(5-3-8)6-10(16)15-7-11(12,13)14/h2-5H,6-7H2,1H3,(H,15,16). The zero-order valence-electron chi connectivity index (χ0n) is 8.77. The molecule has 16 heavy (non-hydrogen) atoms. The maximum Gasteiger partial charge on any atom is 0.405 e. The van der Waals surface area contributed by atoms with E-state index in [1.807, 2.05) is 24.4 Å². The Morgan fingerprint density at radius 2 is 1.81 bits per heavy atom. The molecule has 1 aromatic rings. The Hall–Kier alpha value is -1.52. The van der Waals surface area contributed by atoms with E-state index in [4.69, 9.17) is 0 Å². The van der Waals surface area contributed by atoms with E-state index in [2.05, 4.69) is 0 Å². The van der Waals surface area contributed by atoms with Crippen molar-refractivity contribution in [2.75, 3.05) is 6.54 Å². The minimum Gasteiger partial charge on any atom is -0.347 e. The molecule has 0 fully saturated rings. The second-order valence-corrected chi connectivity index (χ2v) is 3.55. The van der Waals surface area contributed by atoms with Crippen LogP contribution >= 0.6 is 0 Å². The fraction of sp³-hybridized carbons (Fsp3) is 0.364. The Kier molecular flexibility index (Phi) is 3.93. The van der Waals surface area contributed by atoms with Gasteiger partial charge in [-0.1, -0.05) is 29.8 Å². The van der Waals surface area contributed by atoms with Gasteiger partial charge >= 0.3 is 6.18 Å². The van der Waals surface area contributed by atoms with E-state index in [-0.39, 0.29) is 6.42 Å². The van der Waals surface area contributed by atoms with Crippen molar-refractivity contribution in [2.24, 2.45) is 0 Å². The summed E-state index contributed by atoms with van der Waals surface area (Å²) in [5, 5.41) is 1.82. The van der Waals surface area contributed by atoms with Gasteiger partial charge in [0.2, 0.25) is 5.91 Å². The Balaban J connectivity index is 2.43. The molecule has 0 bridgehead atoms. The maximum atomic E-state index is 11.8. The number of rotatable bonds is 3. The second kappa shape index (κ2) is 5.01. The Morgan fingerprint density at radius 3 is 2.31 bits per heavy atom. The predicted molar refractivity (Wildman–Crippen MR) is 53.9 cm³/mol. The highest BCUT2D eigenvalue weighted by Crippen LogP contribution is 2.12. The third-order valence-electron chi connectivity index (χ3n) is 1.97. The van der Waals surface area contributed by atoms with Crippen molar-refractivity contribution in [1.82, 2.24) is 5.32 Å². The van der Waals surface area contributed by atoms with Crippen LogP contribution in [0.1, 0.15) is 11.1 Å². The van der Waals surface area contributed by atoms with Crippen LogP contribution < -0.4 is 5.32 Å². The highest BCUT2D eigenvalue weighted by molar-refractivity contribution is 5.78. The summed E-state index contributed by atoms with van der Waals surface area (Å²) >= 11 is 0. The minimum absolute atomic E-state index is 0.0314. The van der Waals surface area contributed by atoms with Crippen molar-refractivity contribution in [3.05, 3.63) is 35.4 Å². The summed E-state index contributed by atoms with van der Waals surface area (Å²) in [5.74, 6) is -0.624. The summed E-state index contributed by atoms with van der Waals surface area (Å²) < 4.78 is 35.4. The van der Waals surface area contributed by atoms with Crippen molar-refractivity contribution in [1.29, 1.82) is 0 Å². The van der Waals surface area contributed by atoms with E-state index in [1.165, 1.54) is 0 Å². The lowest BCUT2D eigenvalue weighted by atomic mass is 10.1. The van der Waals surface area contributed by atoms with Gasteiger partial charge in [0.05, 0.1) is 6.42 Å². The van der Waals surface area contributed by atoms with Gasteiger partial charge in [0, 0.05) is 0 Å². The van der Waals surface area contributed by atoms with E-state index in [0.29, 0.717) is 5.56 Å². The first-order chi connectivity index (χ1) is 7.37. The molecular formula is C11H12F3NO. The van der Waals surface area contributed by atoms with Gasteiger partial charge < -0.3 is 5.32 Å². The molecule has 1 aromatic carbocycles. The Morgan fingerprint density at radius 1 is 1.25 bits per heavy atom. The molecule has 0 heterocycles. The number of alkyl halides is 3. The predicted octanol–water partition coefficient (Wildman–Crippen LogP) is 2.22. The van der Waals surface area contributed by atoms with E-state index >= 15 is 0 Å². The summed E-state index contributed by atoms with van der Waals surface area (Å²) in [5.41, 5.74) is 1.74. The zero-order valence-corrected chi connectivity index (χ0v) is 8.77. The molecule has 0 spiro atoms. The summed E-state index contributed by atoms with van der Waals surface area (Å²) in [7, 11) is 0. The summed E-state index contributed by atoms with van der Waals surface area (Å²) in [4.78, 5) is 11.1. The molecule has 0 radical (unpaired) electrons. The molecule has 0 aliphatic carbocycles. The van der Waals surface area contributed by atoms with Gasteiger partial charge in [-0.15, -0.1) is 0 Å². The van der Waals surface area contributed by atoms with Gasteiger partial charge in [0.1, 0.15) is 6.54 Å². The third kappa shape index (κ3) is 4.82. The average molecular weight is 231 g/mol. The van der Waals surface area contributed by atoms with Crippen LogP contribution in [-0.2, 0) is 11.2 Å². The highest BCUT2D eigenvalue weighted by Gasteiger charge is 2.27. The van der Waals surface area contributed by atoms with Crippen LogP contribution in [0.5, 0.6) is 0 Å². The van der Waals surface area contributed by atoms with E-state index in [9.17, 15) is 18.0 Å². The molecule has 0 unspecified atom stereocenters. The molecule has 0 saturated heterocycles. The highest BCUT2D eigenvalue weighted by atomic mass is 19.4. The second-order valence-electron chi connectivity index (χ2n) is 3.55. The van der Waals surface area contributed by atoms with Crippen LogP contribution in [0.15, 0.2) is 24.3 Å². The third-order valence-corrected chi connectivity index (χ3v) is 1.97. The minimum atomic E-state index is -4.36. The Labute approximate surface area is 91.5 Å². The molecule has 0 aliphatic rings. The molecule has 0 aromatic heterocycles. The lowest BCUT2D eigenvalue weighted by Crippen LogP contribution is -2.34. The number of aryl methyl sites for hydroxylation is 1. The first kappa shape index (κ1) is 12.5. The van der Waals surface area contributed by atoms with E-state index in [1.54, 1.807) is 12.1 Å². The monoisotopic (exact) mass is 231 g/mol. The molecule has 5 heteroatoms. The van der Waals surface area contributed by atoms with Crippen molar-refractivity contribution in [3.8, 4) is 0 Å². The summed E-state index contributed by atoms with van der Waals surface area (Å²) in [6.45, 7) is 0.616. The normalized spacial score (nSPS) is 11.2. The quantitative estimate of drug-likeness (QED) is 0.849. The van der Waals surface area contributed by atoms with E-state index < -0.39 is 18.6 Å². The lowest BCUT2D eigenvalue weighted by Gasteiger charge is -2.08. The molecule has 1 rings (SSSR count). The number of hydrogen-bond donors (Lipinski definition) is 1. The number of hydrogen-bond acceptors (Lipinski definition) is 1. The van der Waals surface area contributed by atoms with Gasteiger partial charge in [-0.25, -0.2) is 0 Å². The van der Waals surface area contributed by atoms with Gasteiger partial charge in [0.15, 0.2) is 0 Å². The number of carbonyl (C=O) groups is 1. The first-order valence-corrected chi connectivity index (χ1v) is 4.76. The van der Waals surface area contributed by atoms with Gasteiger partial charge in [-0.3, -0.25) is 4.79 Å². The number of nitrogens with one attached hydrogen (secondary N) is 1. The van der Waals surface area contributed by atoms with Crippen molar-refractivity contribution in [2.45, 2.75) is 19.5 Å². The molecule has 0 atom stereocenters. The van der Waals surface area contributed by atoms with Crippen molar-refractivity contribution < 1.29 is 18.0 Å². The van der Waals surface area contributed by atoms with Gasteiger partial charge in [-0.2, -0.15) is 13.2 Å². The van der Waals surface area contributed by atoms with E-state index in [0.717, 1.165) is 5.56 Å². The fourth-order valence-corrected chi connectivity index (χ4v) is 1.15. The van der Waals surface area contributed by atoms with Crippen molar-refractivity contribution in [3.63, 3.8) is 0 Å². The first-order valence-electron chi connectivity index (χ1n) is 4.76. The number of carbonyl (C=O) groups excluding carboxylic acids is 1. The molecule has 88 valence electrons. The van der Waals surface area contributed by atoms with Crippen LogP contribution in [0.2, 0.25) is 0 Å². The molecular weight excluding hydrogens is 219 g/mol. The summed E-state index contributed by atoms with van der Waals surface area (Å²) in [6.07, 6.45) is -4.39. The molecule has 0 saturated carbocycles. The van der Waals surface area contributed by atoms with Crippen LogP contribution in [-0.4, -0.2) is 18.6 Å². The topological polar surface area (TPSA) is 29.1 Å². The number of amides is 1. The number of benzene rings is 1. The Bertz CT molecular complexity index is 356. The van der Waals surface area contributed by atoms with Crippen LogP contribution in [0.4, 0.5) is 13.2 Å². The SMILES string of the molecule is Cc1ccc(CC(=O)NCC(F)(F)F)cc1. The van der Waals surface area contributed by atoms with Crippen LogP contribution in [0.3, 0.4) is 0 Å². The fourth-order valence-electron chi connectivity index (χ4n) is 1.15. The number of halogens is 3. The van der Waals surface area contributed by atoms with Crippen LogP contribution in [0, 0.1) is 6.92 Å². The van der Waals surface area contributed by atoms with Gasteiger partial charge in [0.25, 0.3) is 0 Å². The molecule has 1 amide bonds. The lowest BCUT2D eigenvalue weighted by molar-refractivity contribution is -0.138. The molecule has 1 N–H and O–H groups in total. The molecule has 2 nitrogen and oxygen atoms in total. The van der Waals surface area contributed by atoms with Crippen molar-refractivity contribution >= 4 is 5.91 Å². The largest absolute Gasteiger partial charge is 0.405 e. The smallest absolute Gasteiger partial charge is 0.347 e.